The van der Waals surface area contributed by atoms with E-state index < -0.39 is 6.10 Å². The molecule has 2 aromatic rings. The molecule has 1 aliphatic rings. The molecule has 1 unspecified atom stereocenters. The highest BCUT2D eigenvalue weighted by Crippen LogP contribution is 2.18. The summed E-state index contributed by atoms with van der Waals surface area (Å²) in [4.78, 5) is 19.3. The number of rotatable bonds is 5. The molecule has 2 aromatic heterocycles. The fourth-order valence-corrected chi connectivity index (χ4v) is 3.34. The first-order valence-electron chi connectivity index (χ1n) is 8.92. The van der Waals surface area contributed by atoms with Crippen LogP contribution in [-0.4, -0.2) is 63.0 Å². The maximum absolute atomic E-state index is 12.6. The third kappa shape index (κ3) is 4.16. The highest BCUT2D eigenvalue weighted by Gasteiger charge is 2.20. The Morgan fingerprint density at radius 3 is 2.88 bits per heavy atom. The van der Waals surface area contributed by atoms with Gasteiger partial charge in [0, 0.05) is 25.8 Å². The van der Waals surface area contributed by atoms with E-state index in [1.807, 2.05) is 6.92 Å². The fourth-order valence-electron chi connectivity index (χ4n) is 3.34. The van der Waals surface area contributed by atoms with Crippen molar-refractivity contribution in [2.45, 2.75) is 32.8 Å². The lowest BCUT2D eigenvalue weighted by Gasteiger charge is -2.31. The molecule has 0 saturated carbocycles. The van der Waals surface area contributed by atoms with Crippen LogP contribution in [0.5, 0.6) is 0 Å². The SMILES string of the molecule is Cc1cc(C(=O)NCC(O)CN2CCC(C)CC2)c2cnn(C)c2n1. The number of aliphatic hydroxyl groups is 1. The Hall–Kier alpha value is -1.99. The maximum atomic E-state index is 12.6. The second-order valence-electron chi connectivity index (χ2n) is 7.16. The van der Waals surface area contributed by atoms with Gasteiger partial charge in [0.1, 0.15) is 0 Å². The molecule has 3 rings (SSSR count). The third-order valence-electron chi connectivity index (χ3n) is 4.92. The van der Waals surface area contributed by atoms with Crippen molar-refractivity contribution in [3.63, 3.8) is 0 Å². The van der Waals surface area contributed by atoms with Crippen LogP contribution in [0.2, 0.25) is 0 Å². The summed E-state index contributed by atoms with van der Waals surface area (Å²) in [6.45, 7) is 7.01. The molecule has 7 heteroatoms. The molecule has 136 valence electrons. The van der Waals surface area contributed by atoms with Crippen LogP contribution in [0.4, 0.5) is 0 Å². The Kier molecular flexibility index (Phi) is 5.34. The van der Waals surface area contributed by atoms with Crippen molar-refractivity contribution >= 4 is 16.9 Å². The molecule has 1 aliphatic heterocycles. The van der Waals surface area contributed by atoms with Crippen molar-refractivity contribution < 1.29 is 9.90 Å². The highest BCUT2D eigenvalue weighted by molar-refractivity contribution is 6.05. The first-order chi connectivity index (χ1) is 11.9. The van der Waals surface area contributed by atoms with Crippen LogP contribution in [0.1, 0.15) is 35.8 Å². The molecule has 2 N–H and O–H groups in total. The smallest absolute Gasteiger partial charge is 0.252 e. The number of β-amino-alcohol motifs (C(OH)–C–C–N with tert-alkyl or cyclic N) is 1. The van der Waals surface area contributed by atoms with Crippen LogP contribution in [-0.2, 0) is 7.05 Å². The van der Waals surface area contributed by atoms with Gasteiger partial charge in [-0.2, -0.15) is 5.10 Å². The van der Waals surface area contributed by atoms with E-state index in [9.17, 15) is 9.90 Å². The van der Waals surface area contributed by atoms with Crippen LogP contribution in [0.15, 0.2) is 12.3 Å². The summed E-state index contributed by atoms with van der Waals surface area (Å²) in [6, 6.07) is 1.76. The number of pyridine rings is 1. The van der Waals surface area contributed by atoms with Gasteiger partial charge in [0.15, 0.2) is 5.65 Å². The first kappa shape index (κ1) is 17.8. The number of likely N-dealkylation sites (tertiary alicyclic amines) is 1. The van der Waals surface area contributed by atoms with Crippen LogP contribution in [0, 0.1) is 12.8 Å². The lowest BCUT2D eigenvalue weighted by molar-refractivity contribution is 0.0796. The first-order valence-corrected chi connectivity index (χ1v) is 8.92. The minimum atomic E-state index is -0.565. The highest BCUT2D eigenvalue weighted by atomic mass is 16.3. The van der Waals surface area contributed by atoms with Gasteiger partial charge in [0.2, 0.25) is 0 Å². The number of carbonyl (C=O) groups excluding carboxylic acids is 1. The molecule has 0 aliphatic carbocycles. The number of hydrogen-bond acceptors (Lipinski definition) is 5. The quantitative estimate of drug-likeness (QED) is 0.848. The minimum Gasteiger partial charge on any atom is -0.390 e. The number of hydrogen-bond donors (Lipinski definition) is 2. The number of nitrogens with zero attached hydrogens (tertiary/aromatic N) is 4. The van der Waals surface area contributed by atoms with Gasteiger partial charge in [0.05, 0.1) is 23.3 Å². The largest absolute Gasteiger partial charge is 0.390 e. The van der Waals surface area contributed by atoms with E-state index in [0.717, 1.165) is 30.1 Å². The van der Waals surface area contributed by atoms with Crippen molar-refractivity contribution in [1.82, 2.24) is 25.0 Å². The van der Waals surface area contributed by atoms with E-state index in [1.165, 1.54) is 12.8 Å². The fraction of sp³-hybridized carbons (Fsp3) is 0.611. The number of amides is 1. The zero-order valence-corrected chi connectivity index (χ0v) is 15.2. The molecular weight excluding hydrogens is 318 g/mol. The number of aromatic nitrogens is 3. The lowest BCUT2D eigenvalue weighted by atomic mass is 9.99. The van der Waals surface area contributed by atoms with Crippen molar-refractivity contribution in [2.24, 2.45) is 13.0 Å². The summed E-state index contributed by atoms with van der Waals surface area (Å²) < 4.78 is 1.66. The van der Waals surface area contributed by atoms with Crippen molar-refractivity contribution in [3.8, 4) is 0 Å². The molecule has 0 aromatic carbocycles. The van der Waals surface area contributed by atoms with Crippen LogP contribution in [0.25, 0.3) is 11.0 Å². The molecule has 1 saturated heterocycles. The monoisotopic (exact) mass is 345 g/mol. The summed E-state index contributed by atoms with van der Waals surface area (Å²) in [5, 5.41) is 18.0. The lowest BCUT2D eigenvalue weighted by Crippen LogP contribution is -2.43. The Morgan fingerprint density at radius 2 is 2.16 bits per heavy atom. The Labute approximate surface area is 148 Å². The number of aliphatic hydroxyl groups excluding tert-OH is 1. The average molecular weight is 345 g/mol. The van der Waals surface area contributed by atoms with E-state index in [-0.39, 0.29) is 12.5 Å². The molecule has 0 bridgehead atoms. The van der Waals surface area contributed by atoms with Gasteiger partial charge in [-0.25, -0.2) is 4.98 Å². The van der Waals surface area contributed by atoms with E-state index in [0.29, 0.717) is 17.8 Å². The van der Waals surface area contributed by atoms with Crippen molar-refractivity contribution in [2.75, 3.05) is 26.2 Å². The number of aryl methyl sites for hydroxylation is 2. The van der Waals surface area contributed by atoms with Crippen LogP contribution < -0.4 is 5.32 Å². The Balaban J connectivity index is 1.59. The van der Waals surface area contributed by atoms with Crippen LogP contribution >= 0.6 is 0 Å². The topological polar surface area (TPSA) is 83.3 Å². The van der Waals surface area contributed by atoms with Gasteiger partial charge >= 0.3 is 0 Å². The van der Waals surface area contributed by atoms with Crippen molar-refractivity contribution in [1.29, 1.82) is 0 Å². The molecule has 1 atom stereocenters. The molecule has 0 spiro atoms. The van der Waals surface area contributed by atoms with Gasteiger partial charge in [-0.05, 0) is 44.8 Å². The minimum absolute atomic E-state index is 0.199. The third-order valence-corrected chi connectivity index (χ3v) is 4.92. The molecule has 0 radical (unpaired) electrons. The molecule has 1 fully saturated rings. The van der Waals surface area contributed by atoms with Gasteiger partial charge in [-0.15, -0.1) is 0 Å². The molecule has 1 amide bonds. The molecular formula is C18H27N5O2. The second-order valence-corrected chi connectivity index (χ2v) is 7.16. The van der Waals surface area contributed by atoms with E-state index in [1.54, 1.807) is 24.0 Å². The standard InChI is InChI=1S/C18H27N5O2/c1-12-4-6-23(7-5-12)11-14(24)9-19-18(25)15-8-13(2)21-17-16(15)10-20-22(17)3/h8,10,12,14,24H,4-7,9,11H2,1-3H3,(H,19,25). The number of piperidine rings is 1. The average Bonchev–Trinajstić information content (AvgIpc) is 2.95. The van der Waals surface area contributed by atoms with Gasteiger partial charge in [0.25, 0.3) is 5.91 Å². The summed E-state index contributed by atoms with van der Waals surface area (Å²) in [5.41, 5.74) is 2.01. The summed E-state index contributed by atoms with van der Waals surface area (Å²) in [6.07, 6.45) is 3.44. The summed E-state index contributed by atoms with van der Waals surface area (Å²) in [7, 11) is 1.81. The predicted octanol–water partition coefficient (Wildman–Crippen LogP) is 1.10. The van der Waals surface area contributed by atoms with Gasteiger partial charge in [-0.1, -0.05) is 6.92 Å². The molecule has 7 nitrogen and oxygen atoms in total. The normalized spacial score (nSPS) is 17.8. The van der Waals surface area contributed by atoms with Gasteiger partial charge in [-0.3, -0.25) is 9.48 Å². The predicted molar refractivity (Wildman–Crippen MR) is 96.4 cm³/mol. The van der Waals surface area contributed by atoms with Gasteiger partial charge < -0.3 is 15.3 Å². The Bertz CT molecular complexity index is 749. The molecule has 3 heterocycles. The summed E-state index contributed by atoms with van der Waals surface area (Å²) >= 11 is 0. The zero-order chi connectivity index (χ0) is 18.0. The van der Waals surface area contributed by atoms with Crippen molar-refractivity contribution in [3.05, 3.63) is 23.5 Å². The van der Waals surface area contributed by atoms with E-state index >= 15 is 0 Å². The molecule has 25 heavy (non-hydrogen) atoms. The van der Waals surface area contributed by atoms with Crippen LogP contribution in [0.3, 0.4) is 0 Å². The Morgan fingerprint density at radius 1 is 1.44 bits per heavy atom. The number of fused-ring (bicyclic) bond motifs is 1. The summed E-state index contributed by atoms with van der Waals surface area (Å²) in [5.74, 6) is 0.569. The van der Waals surface area contributed by atoms with E-state index in [4.69, 9.17) is 0 Å². The maximum Gasteiger partial charge on any atom is 0.252 e. The zero-order valence-electron chi connectivity index (χ0n) is 15.2. The number of nitrogens with one attached hydrogen (secondary N) is 1. The van der Waals surface area contributed by atoms with E-state index in [2.05, 4.69) is 27.2 Å². The number of carbonyl (C=O) groups is 1. The second kappa shape index (κ2) is 7.49.